The number of quaternary nitrogens is 1. The van der Waals surface area contributed by atoms with Gasteiger partial charge >= 0.3 is 0 Å². The molecule has 3 aromatic carbocycles. The highest BCUT2D eigenvalue weighted by Crippen LogP contribution is 2.33. The molecule has 0 aliphatic carbocycles. The van der Waals surface area contributed by atoms with Gasteiger partial charge in [-0.3, -0.25) is 4.79 Å². The zero-order valence-corrected chi connectivity index (χ0v) is 18.0. The van der Waals surface area contributed by atoms with Crippen molar-refractivity contribution in [2.24, 2.45) is 5.10 Å². The van der Waals surface area contributed by atoms with E-state index < -0.39 is 0 Å². The lowest BCUT2D eigenvalue weighted by Crippen LogP contribution is -3.13. The van der Waals surface area contributed by atoms with Crippen LogP contribution in [0.3, 0.4) is 0 Å². The summed E-state index contributed by atoms with van der Waals surface area (Å²) in [6, 6.07) is 25.2. The first-order valence-corrected chi connectivity index (χ1v) is 11.6. The summed E-state index contributed by atoms with van der Waals surface area (Å²) in [4.78, 5) is 14.8. The van der Waals surface area contributed by atoms with E-state index in [1.807, 2.05) is 18.2 Å². The molecule has 1 atom stereocenters. The molecule has 2 aliphatic rings. The van der Waals surface area contributed by atoms with Gasteiger partial charge in [-0.05, 0) is 53.6 Å². The zero-order valence-electron chi connectivity index (χ0n) is 18.0. The summed E-state index contributed by atoms with van der Waals surface area (Å²) in [7, 11) is 0. The summed E-state index contributed by atoms with van der Waals surface area (Å²) in [5.74, 6) is 0.140. The molecule has 1 amide bonds. The van der Waals surface area contributed by atoms with Crippen LogP contribution in [0.1, 0.15) is 49.3 Å². The number of hydrogen-bond acceptors (Lipinski definition) is 2. The molecule has 0 saturated carbocycles. The van der Waals surface area contributed by atoms with E-state index in [9.17, 15) is 4.79 Å². The molecule has 4 heteroatoms. The molecule has 3 aromatic rings. The number of amides is 1. The molecule has 0 aromatic heterocycles. The average molecular weight is 413 g/mol. The minimum absolute atomic E-state index is 0.0263. The number of fused-ring (bicyclic) bond motifs is 1. The van der Waals surface area contributed by atoms with Crippen LogP contribution in [0.15, 0.2) is 77.9 Å². The fourth-order valence-corrected chi connectivity index (χ4v) is 4.92. The second-order valence-corrected chi connectivity index (χ2v) is 8.82. The zero-order chi connectivity index (χ0) is 21.0. The molecule has 5 rings (SSSR count). The summed E-state index contributed by atoms with van der Waals surface area (Å²) in [5.41, 5.74) is 3.26. The lowest BCUT2D eigenvalue weighted by molar-refractivity contribution is -0.891. The minimum Gasteiger partial charge on any atom is -0.327 e. The number of hydrogen-bond donors (Lipinski definition) is 1. The lowest BCUT2D eigenvalue weighted by Gasteiger charge is -2.24. The van der Waals surface area contributed by atoms with Crippen LogP contribution in [0.5, 0.6) is 0 Å². The summed E-state index contributed by atoms with van der Waals surface area (Å²) in [6.45, 7) is 2.73. The smallest absolute Gasteiger partial charge is 0.298 e. The van der Waals surface area contributed by atoms with Gasteiger partial charge in [0.1, 0.15) is 0 Å². The Balaban J connectivity index is 1.44. The maximum absolute atomic E-state index is 13.4. The summed E-state index contributed by atoms with van der Waals surface area (Å²) in [5, 5.41) is 9.10. The normalized spacial score (nSPS) is 19.9. The second kappa shape index (κ2) is 9.03. The molecular formula is C27H30N3O+. The fraction of sp³-hybridized carbons (Fsp3) is 0.333. The largest absolute Gasteiger partial charge is 0.327 e. The van der Waals surface area contributed by atoms with Crippen molar-refractivity contribution >= 4 is 22.4 Å². The van der Waals surface area contributed by atoms with Gasteiger partial charge in [-0.2, -0.15) is 5.10 Å². The van der Waals surface area contributed by atoms with Gasteiger partial charge in [0, 0.05) is 6.42 Å². The first-order chi connectivity index (χ1) is 15.3. The number of carbonyl (C=O) groups excluding carboxylic acids is 1. The quantitative estimate of drug-likeness (QED) is 0.692. The number of rotatable bonds is 4. The number of nitrogens with one attached hydrogen (secondary N) is 1. The van der Waals surface area contributed by atoms with Gasteiger partial charge in [-0.25, -0.2) is 5.01 Å². The van der Waals surface area contributed by atoms with Crippen LogP contribution < -0.4 is 4.90 Å². The number of benzene rings is 3. The highest BCUT2D eigenvalue weighted by molar-refractivity contribution is 6.05. The maximum atomic E-state index is 13.4. The van der Waals surface area contributed by atoms with E-state index in [1.54, 1.807) is 5.01 Å². The van der Waals surface area contributed by atoms with Crippen molar-refractivity contribution in [2.45, 2.75) is 38.1 Å². The van der Waals surface area contributed by atoms with Gasteiger partial charge in [0.25, 0.3) is 5.91 Å². The third-order valence-electron chi connectivity index (χ3n) is 6.64. The van der Waals surface area contributed by atoms with E-state index in [1.165, 1.54) is 41.4 Å². The van der Waals surface area contributed by atoms with E-state index in [0.29, 0.717) is 6.54 Å². The van der Waals surface area contributed by atoms with E-state index in [2.05, 4.69) is 54.6 Å². The van der Waals surface area contributed by atoms with Crippen LogP contribution in [0.4, 0.5) is 0 Å². The first kappa shape index (κ1) is 20.0. The molecule has 1 saturated heterocycles. The van der Waals surface area contributed by atoms with Gasteiger partial charge in [0.05, 0.1) is 24.8 Å². The number of nitrogens with zero attached hydrogens (tertiary/aromatic N) is 2. The highest BCUT2D eigenvalue weighted by atomic mass is 16.2. The molecule has 4 nitrogen and oxygen atoms in total. The standard InChI is InChI=1S/C27H29N3O/c31-27(20-29-16-8-1-2-9-17-29)30-26(22-11-4-3-5-12-22)19-25(28-30)24-15-14-21-10-6-7-13-23(21)18-24/h3-7,10-15,18,26H,1-2,8-9,16-17,19-20H2/p+1/t26-/m0/s1. The van der Waals surface area contributed by atoms with Crippen LogP contribution in [0.25, 0.3) is 10.8 Å². The van der Waals surface area contributed by atoms with Gasteiger partial charge < -0.3 is 4.90 Å². The van der Waals surface area contributed by atoms with Crippen LogP contribution >= 0.6 is 0 Å². The van der Waals surface area contributed by atoms with Crippen molar-refractivity contribution in [3.63, 3.8) is 0 Å². The van der Waals surface area contributed by atoms with Crippen LogP contribution in [0, 0.1) is 0 Å². The molecule has 0 radical (unpaired) electrons. The molecule has 1 N–H and O–H groups in total. The van der Waals surface area contributed by atoms with Crippen molar-refractivity contribution < 1.29 is 9.69 Å². The predicted molar refractivity (Wildman–Crippen MR) is 125 cm³/mol. The van der Waals surface area contributed by atoms with E-state index in [4.69, 9.17) is 5.10 Å². The molecular weight excluding hydrogens is 382 g/mol. The average Bonchev–Trinajstić information content (AvgIpc) is 3.11. The Morgan fingerprint density at radius 2 is 1.58 bits per heavy atom. The van der Waals surface area contributed by atoms with Crippen molar-refractivity contribution in [3.8, 4) is 0 Å². The Labute approximate surface area is 184 Å². The Morgan fingerprint density at radius 3 is 2.35 bits per heavy atom. The maximum Gasteiger partial charge on any atom is 0.298 e. The molecule has 0 bridgehead atoms. The first-order valence-electron chi connectivity index (χ1n) is 11.6. The Hall–Kier alpha value is -2.98. The molecule has 0 unspecified atom stereocenters. The molecule has 0 spiro atoms. The van der Waals surface area contributed by atoms with Gasteiger partial charge in [0.2, 0.25) is 0 Å². The van der Waals surface area contributed by atoms with Gasteiger partial charge in [-0.15, -0.1) is 0 Å². The molecule has 2 heterocycles. The van der Waals surface area contributed by atoms with E-state index in [-0.39, 0.29) is 11.9 Å². The van der Waals surface area contributed by atoms with Crippen molar-refractivity contribution in [1.82, 2.24) is 5.01 Å². The Kier molecular flexibility index (Phi) is 5.81. The summed E-state index contributed by atoms with van der Waals surface area (Å²) < 4.78 is 0. The number of hydrazone groups is 1. The Bertz CT molecular complexity index is 1080. The lowest BCUT2D eigenvalue weighted by atomic mass is 9.97. The van der Waals surface area contributed by atoms with Crippen LogP contribution in [-0.2, 0) is 4.79 Å². The van der Waals surface area contributed by atoms with E-state index in [0.717, 1.165) is 36.3 Å². The van der Waals surface area contributed by atoms with Gasteiger partial charge in [0.15, 0.2) is 6.54 Å². The van der Waals surface area contributed by atoms with Gasteiger partial charge in [-0.1, -0.05) is 66.7 Å². The monoisotopic (exact) mass is 412 g/mol. The van der Waals surface area contributed by atoms with E-state index >= 15 is 0 Å². The molecule has 31 heavy (non-hydrogen) atoms. The number of likely N-dealkylation sites (tertiary alicyclic amines) is 1. The van der Waals surface area contributed by atoms with Crippen molar-refractivity contribution in [1.29, 1.82) is 0 Å². The summed E-state index contributed by atoms with van der Waals surface area (Å²) in [6.07, 6.45) is 5.77. The summed E-state index contributed by atoms with van der Waals surface area (Å²) >= 11 is 0. The SMILES string of the molecule is O=C(C[NH+]1CCCCCC1)N1N=C(c2ccc3ccccc3c2)C[C@H]1c1ccccc1. The topological polar surface area (TPSA) is 37.1 Å². The minimum atomic E-state index is -0.0263. The van der Waals surface area contributed by atoms with Crippen molar-refractivity contribution in [3.05, 3.63) is 83.9 Å². The fourth-order valence-electron chi connectivity index (χ4n) is 4.92. The molecule has 2 aliphatic heterocycles. The Morgan fingerprint density at radius 1 is 0.871 bits per heavy atom. The highest BCUT2D eigenvalue weighted by Gasteiger charge is 2.34. The van der Waals surface area contributed by atoms with Crippen LogP contribution in [0.2, 0.25) is 0 Å². The molecule has 158 valence electrons. The van der Waals surface area contributed by atoms with Crippen LogP contribution in [-0.4, -0.2) is 36.3 Å². The molecule has 1 fully saturated rings. The second-order valence-electron chi connectivity index (χ2n) is 8.82. The third-order valence-corrected chi connectivity index (χ3v) is 6.64. The third kappa shape index (κ3) is 4.40. The predicted octanol–water partition coefficient (Wildman–Crippen LogP) is 3.98. The van der Waals surface area contributed by atoms with Crippen molar-refractivity contribution in [2.75, 3.05) is 19.6 Å². The number of carbonyl (C=O) groups is 1.